The lowest BCUT2D eigenvalue weighted by atomic mass is 9.78. The Morgan fingerprint density at radius 3 is 1.79 bits per heavy atom. The van der Waals surface area contributed by atoms with Crippen LogP contribution in [0.15, 0.2) is 18.2 Å². The second kappa shape index (κ2) is 4.12. The highest BCUT2D eigenvalue weighted by molar-refractivity contribution is 6.34. The van der Waals surface area contributed by atoms with Crippen LogP contribution in [0.25, 0.3) is 0 Å². The molecule has 0 fully saturated rings. The second-order valence-electron chi connectivity index (χ2n) is 4.79. The van der Waals surface area contributed by atoms with Crippen molar-refractivity contribution in [3.05, 3.63) is 33.8 Å². The zero-order valence-electron chi connectivity index (χ0n) is 9.07. The van der Waals surface area contributed by atoms with Gasteiger partial charge in [-0.2, -0.15) is 0 Å². The summed E-state index contributed by atoms with van der Waals surface area (Å²) in [6.45, 7) is 8.84. The van der Waals surface area contributed by atoms with E-state index >= 15 is 0 Å². The monoisotopic (exact) mass is 230 g/mol. The number of hydrogen-bond donors (Lipinski definition) is 0. The van der Waals surface area contributed by atoms with Crippen LogP contribution in [0.3, 0.4) is 0 Å². The molecule has 14 heavy (non-hydrogen) atoms. The van der Waals surface area contributed by atoms with E-state index in [1.165, 1.54) is 5.56 Å². The predicted molar refractivity (Wildman–Crippen MR) is 64.3 cm³/mol. The first kappa shape index (κ1) is 11.9. The molecule has 1 atom stereocenters. The zero-order chi connectivity index (χ0) is 10.9. The highest BCUT2D eigenvalue weighted by Crippen LogP contribution is 2.36. The molecule has 0 aromatic heterocycles. The van der Waals surface area contributed by atoms with E-state index in [0.717, 1.165) is 0 Å². The SMILES string of the molecule is CC(c1cc(Cl)cc(Cl)c1)C(C)(C)C. The van der Waals surface area contributed by atoms with Crippen LogP contribution in [0.2, 0.25) is 10.0 Å². The summed E-state index contributed by atoms with van der Waals surface area (Å²) in [5.74, 6) is 0.443. The zero-order valence-corrected chi connectivity index (χ0v) is 10.6. The molecule has 2 heteroatoms. The Hall–Kier alpha value is -0.200. The summed E-state index contributed by atoms with van der Waals surface area (Å²) in [6, 6.07) is 5.74. The van der Waals surface area contributed by atoms with Crippen LogP contribution in [0.1, 0.15) is 39.2 Å². The van der Waals surface area contributed by atoms with Gasteiger partial charge in [-0.1, -0.05) is 50.9 Å². The maximum Gasteiger partial charge on any atom is 0.0423 e. The van der Waals surface area contributed by atoms with Crippen LogP contribution in [0.5, 0.6) is 0 Å². The first-order valence-electron chi connectivity index (χ1n) is 4.76. The summed E-state index contributed by atoms with van der Waals surface area (Å²) in [5.41, 5.74) is 1.43. The molecule has 1 unspecified atom stereocenters. The highest BCUT2D eigenvalue weighted by atomic mass is 35.5. The lowest BCUT2D eigenvalue weighted by Gasteiger charge is -2.27. The second-order valence-corrected chi connectivity index (χ2v) is 5.66. The molecule has 1 rings (SSSR count). The van der Waals surface area contributed by atoms with Gasteiger partial charge in [-0.25, -0.2) is 0 Å². The third kappa shape index (κ3) is 2.90. The lowest BCUT2D eigenvalue weighted by Crippen LogP contribution is -2.15. The number of benzene rings is 1. The van der Waals surface area contributed by atoms with Crippen molar-refractivity contribution in [2.24, 2.45) is 5.41 Å². The van der Waals surface area contributed by atoms with Crippen molar-refractivity contribution in [1.82, 2.24) is 0 Å². The average molecular weight is 231 g/mol. The van der Waals surface area contributed by atoms with Gasteiger partial charge in [-0.15, -0.1) is 0 Å². The van der Waals surface area contributed by atoms with Crippen LogP contribution in [-0.4, -0.2) is 0 Å². The van der Waals surface area contributed by atoms with Gasteiger partial charge in [0.25, 0.3) is 0 Å². The Bertz CT molecular complexity index is 303. The fourth-order valence-corrected chi connectivity index (χ4v) is 1.87. The minimum absolute atomic E-state index is 0.230. The van der Waals surface area contributed by atoms with E-state index in [1.807, 2.05) is 12.1 Å². The van der Waals surface area contributed by atoms with Crippen LogP contribution < -0.4 is 0 Å². The molecule has 78 valence electrons. The van der Waals surface area contributed by atoms with E-state index in [2.05, 4.69) is 27.7 Å². The predicted octanol–water partition coefficient (Wildman–Crippen LogP) is 5.14. The van der Waals surface area contributed by atoms with Gasteiger partial charge in [-0.3, -0.25) is 0 Å². The maximum atomic E-state index is 5.96. The van der Waals surface area contributed by atoms with Crippen LogP contribution in [-0.2, 0) is 0 Å². The van der Waals surface area contributed by atoms with Gasteiger partial charge in [0, 0.05) is 10.0 Å². The van der Waals surface area contributed by atoms with E-state index in [4.69, 9.17) is 23.2 Å². The average Bonchev–Trinajstić information content (AvgIpc) is 1.99. The Morgan fingerprint density at radius 2 is 1.43 bits per heavy atom. The molecule has 0 saturated carbocycles. The van der Waals surface area contributed by atoms with Gasteiger partial charge in [-0.05, 0) is 35.1 Å². The Labute approximate surface area is 96.2 Å². The molecule has 0 bridgehead atoms. The van der Waals surface area contributed by atoms with Crippen LogP contribution >= 0.6 is 23.2 Å². The largest absolute Gasteiger partial charge is 0.0843 e. The summed E-state index contributed by atoms with van der Waals surface area (Å²) in [7, 11) is 0. The molecule has 0 aliphatic heterocycles. The van der Waals surface area contributed by atoms with Crippen LogP contribution in [0, 0.1) is 5.41 Å². The minimum atomic E-state index is 0.230. The van der Waals surface area contributed by atoms with Crippen molar-refractivity contribution in [2.75, 3.05) is 0 Å². The molecular formula is C12H16Cl2. The molecule has 0 N–H and O–H groups in total. The molecule has 0 saturated heterocycles. The first-order chi connectivity index (χ1) is 6.30. The smallest absolute Gasteiger partial charge is 0.0423 e. The molecular weight excluding hydrogens is 215 g/mol. The van der Waals surface area contributed by atoms with E-state index in [0.29, 0.717) is 16.0 Å². The Morgan fingerprint density at radius 1 is 1.00 bits per heavy atom. The first-order valence-corrected chi connectivity index (χ1v) is 5.52. The van der Waals surface area contributed by atoms with Crippen molar-refractivity contribution in [1.29, 1.82) is 0 Å². The van der Waals surface area contributed by atoms with Gasteiger partial charge in [0.1, 0.15) is 0 Å². The molecule has 0 aliphatic rings. The summed E-state index contributed by atoms with van der Waals surface area (Å²) in [4.78, 5) is 0. The van der Waals surface area contributed by atoms with Gasteiger partial charge >= 0.3 is 0 Å². The van der Waals surface area contributed by atoms with Gasteiger partial charge in [0.05, 0.1) is 0 Å². The third-order valence-electron chi connectivity index (χ3n) is 2.68. The van der Waals surface area contributed by atoms with Gasteiger partial charge < -0.3 is 0 Å². The molecule has 1 aromatic carbocycles. The molecule has 1 aromatic rings. The van der Waals surface area contributed by atoms with E-state index < -0.39 is 0 Å². The fraction of sp³-hybridized carbons (Fsp3) is 0.500. The molecule has 0 aliphatic carbocycles. The summed E-state index contributed by atoms with van der Waals surface area (Å²) < 4.78 is 0. The molecule has 0 amide bonds. The fourth-order valence-electron chi connectivity index (χ4n) is 1.33. The van der Waals surface area contributed by atoms with Crippen LogP contribution in [0.4, 0.5) is 0 Å². The Balaban J connectivity index is 3.07. The van der Waals surface area contributed by atoms with E-state index in [1.54, 1.807) is 6.07 Å². The standard InChI is InChI=1S/C12H16Cl2/c1-8(12(2,3)4)9-5-10(13)7-11(14)6-9/h5-8H,1-4H3. The van der Waals surface area contributed by atoms with Crippen molar-refractivity contribution in [3.63, 3.8) is 0 Å². The summed E-state index contributed by atoms with van der Waals surface area (Å²) in [5, 5.41) is 1.42. The van der Waals surface area contributed by atoms with Crippen molar-refractivity contribution < 1.29 is 0 Å². The normalized spacial score (nSPS) is 14.1. The maximum absolute atomic E-state index is 5.96. The number of halogens is 2. The quantitative estimate of drug-likeness (QED) is 0.627. The van der Waals surface area contributed by atoms with Gasteiger partial charge in [0.15, 0.2) is 0 Å². The Kier molecular flexibility index (Phi) is 3.49. The number of hydrogen-bond acceptors (Lipinski definition) is 0. The molecule has 0 heterocycles. The highest BCUT2D eigenvalue weighted by Gasteiger charge is 2.21. The van der Waals surface area contributed by atoms with E-state index in [-0.39, 0.29) is 5.41 Å². The number of rotatable bonds is 1. The van der Waals surface area contributed by atoms with E-state index in [9.17, 15) is 0 Å². The lowest BCUT2D eigenvalue weighted by molar-refractivity contribution is 0.339. The van der Waals surface area contributed by atoms with Crippen molar-refractivity contribution in [3.8, 4) is 0 Å². The minimum Gasteiger partial charge on any atom is -0.0843 e. The van der Waals surface area contributed by atoms with Crippen molar-refractivity contribution >= 4 is 23.2 Å². The van der Waals surface area contributed by atoms with Gasteiger partial charge in [0.2, 0.25) is 0 Å². The summed E-state index contributed by atoms with van der Waals surface area (Å²) >= 11 is 11.9. The molecule has 0 radical (unpaired) electrons. The summed E-state index contributed by atoms with van der Waals surface area (Å²) in [6.07, 6.45) is 0. The molecule has 0 nitrogen and oxygen atoms in total. The molecule has 0 spiro atoms. The third-order valence-corrected chi connectivity index (χ3v) is 3.12. The topological polar surface area (TPSA) is 0 Å². The van der Waals surface area contributed by atoms with Crippen molar-refractivity contribution in [2.45, 2.75) is 33.6 Å².